The van der Waals surface area contributed by atoms with Crippen molar-refractivity contribution in [3.63, 3.8) is 0 Å². The smallest absolute Gasteiger partial charge is 0.451 e. The summed E-state index contributed by atoms with van der Waals surface area (Å²) < 4.78 is 50.2. The van der Waals surface area contributed by atoms with E-state index in [9.17, 15) is 18.0 Å². The fourth-order valence-corrected chi connectivity index (χ4v) is 5.60. The molecule has 2 aliphatic heterocycles. The van der Waals surface area contributed by atoms with Crippen LogP contribution < -0.4 is 10.5 Å². The minimum atomic E-state index is -4.76. The topological polar surface area (TPSA) is 103 Å². The SMILES string of the molecule is CC1(C)Oc2nc(C(F)(F)F)nc(N)c2N=C1c1ccc(C2CCC(CN3CCOC3=O)CC2)c(Cl)c1. The molecule has 2 fully saturated rings. The number of benzene rings is 1. The minimum absolute atomic E-state index is 0.0391. The van der Waals surface area contributed by atoms with Crippen LogP contribution in [-0.4, -0.2) is 52.0 Å². The lowest BCUT2D eigenvalue weighted by atomic mass is 9.78. The van der Waals surface area contributed by atoms with Crippen molar-refractivity contribution in [2.45, 2.75) is 57.2 Å². The van der Waals surface area contributed by atoms with Crippen molar-refractivity contribution in [3.8, 4) is 5.88 Å². The van der Waals surface area contributed by atoms with Crippen molar-refractivity contribution < 1.29 is 27.4 Å². The molecule has 1 aromatic carbocycles. The molecule has 8 nitrogen and oxygen atoms in total. The summed E-state index contributed by atoms with van der Waals surface area (Å²) in [6.45, 7) is 5.23. The highest BCUT2D eigenvalue weighted by Gasteiger charge is 2.40. The number of rotatable bonds is 4. The fraction of sp³-hybridized carbons (Fsp3) is 0.520. The van der Waals surface area contributed by atoms with Crippen LogP contribution in [0.3, 0.4) is 0 Å². The van der Waals surface area contributed by atoms with Crippen LogP contribution >= 0.6 is 11.6 Å². The summed E-state index contributed by atoms with van der Waals surface area (Å²) in [6, 6.07) is 5.67. The van der Waals surface area contributed by atoms with E-state index in [1.54, 1.807) is 24.8 Å². The van der Waals surface area contributed by atoms with Crippen molar-refractivity contribution in [2.75, 3.05) is 25.4 Å². The Balaban J connectivity index is 1.35. The number of halogens is 4. The van der Waals surface area contributed by atoms with Gasteiger partial charge >= 0.3 is 12.3 Å². The molecule has 37 heavy (non-hydrogen) atoms. The van der Waals surface area contributed by atoms with Crippen LogP contribution in [0.25, 0.3) is 0 Å². The van der Waals surface area contributed by atoms with Gasteiger partial charge < -0.3 is 20.1 Å². The number of amides is 1. The Hall–Kier alpha value is -3.08. The maximum Gasteiger partial charge on any atom is 0.451 e. The van der Waals surface area contributed by atoms with Gasteiger partial charge in [0.2, 0.25) is 11.7 Å². The first-order valence-corrected chi connectivity index (χ1v) is 12.5. The molecule has 12 heteroatoms. The van der Waals surface area contributed by atoms with Crippen molar-refractivity contribution in [2.24, 2.45) is 10.9 Å². The normalized spacial score (nSPS) is 23.2. The standard InChI is InChI=1S/C25H27ClF3N5O3/c1-24(2)19(31-18-20(30)32-22(25(27,28)29)33-21(18)37-24)15-7-8-16(17(26)11-15)14-5-3-13(4-6-14)12-34-9-10-36-23(34)35/h7-8,11,13-14H,3-6,9-10,12H2,1-2H3,(H2,30,32,33). The molecule has 3 aliphatic rings. The summed E-state index contributed by atoms with van der Waals surface area (Å²) in [4.78, 5) is 24.9. The number of nitrogens with two attached hydrogens (primary N) is 1. The van der Waals surface area contributed by atoms with Gasteiger partial charge in [-0.3, -0.25) is 0 Å². The average Bonchev–Trinajstić information content (AvgIpc) is 3.22. The molecule has 1 amide bonds. The van der Waals surface area contributed by atoms with Gasteiger partial charge in [-0.2, -0.15) is 18.2 Å². The van der Waals surface area contributed by atoms with Crippen LogP contribution in [-0.2, 0) is 10.9 Å². The Morgan fingerprint density at radius 3 is 2.54 bits per heavy atom. The lowest BCUT2D eigenvalue weighted by Gasteiger charge is -2.33. The molecule has 0 atom stereocenters. The van der Waals surface area contributed by atoms with Gasteiger partial charge in [-0.05, 0) is 63.0 Å². The molecular weight excluding hydrogens is 511 g/mol. The molecule has 3 heterocycles. The maximum atomic E-state index is 13.1. The van der Waals surface area contributed by atoms with Gasteiger partial charge in [0.1, 0.15) is 12.2 Å². The first-order chi connectivity index (χ1) is 17.4. The number of fused-ring (bicyclic) bond motifs is 1. The summed E-state index contributed by atoms with van der Waals surface area (Å²) >= 11 is 6.73. The number of hydrogen-bond acceptors (Lipinski definition) is 7. The molecule has 1 aliphatic carbocycles. The van der Waals surface area contributed by atoms with E-state index in [0.717, 1.165) is 37.8 Å². The molecule has 2 aromatic rings. The molecule has 1 aromatic heterocycles. The van der Waals surface area contributed by atoms with Gasteiger partial charge in [0.25, 0.3) is 0 Å². The second-order valence-corrected chi connectivity index (χ2v) is 10.6. The lowest BCUT2D eigenvalue weighted by Crippen LogP contribution is -2.41. The number of nitrogen functional groups attached to an aromatic ring is 1. The van der Waals surface area contributed by atoms with E-state index in [0.29, 0.717) is 41.3 Å². The maximum absolute atomic E-state index is 13.1. The van der Waals surface area contributed by atoms with Gasteiger partial charge in [-0.25, -0.2) is 14.8 Å². The van der Waals surface area contributed by atoms with Crippen LogP contribution in [0, 0.1) is 5.92 Å². The number of carbonyl (C=O) groups excluding carboxylic acids is 1. The van der Waals surface area contributed by atoms with Crippen molar-refractivity contribution in [3.05, 3.63) is 40.2 Å². The van der Waals surface area contributed by atoms with E-state index in [4.69, 9.17) is 26.8 Å². The third-order valence-corrected chi connectivity index (χ3v) is 7.49. The zero-order valence-corrected chi connectivity index (χ0v) is 21.2. The third-order valence-electron chi connectivity index (χ3n) is 7.16. The number of hydrogen-bond donors (Lipinski definition) is 1. The van der Waals surface area contributed by atoms with E-state index in [1.165, 1.54) is 0 Å². The number of aliphatic imine (C=N–C) groups is 1. The largest absolute Gasteiger partial charge is 0.463 e. The number of ether oxygens (including phenoxy) is 2. The van der Waals surface area contributed by atoms with Gasteiger partial charge in [0, 0.05) is 17.1 Å². The van der Waals surface area contributed by atoms with Crippen LogP contribution in [0.4, 0.5) is 29.5 Å². The van der Waals surface area contributed by atoms with Crippen molar-refractivity contribution >= 4 is 34.9 Å². The summed E-state index contributed by atoms with van der Waals surface area (Å²) in [7, 11) is 0. The van der Waals surface area contributed by atoms with Gasteiger partial charge in [-0.15, -0.1) is 0 Å². The third kappa shape index (κ3) is 5.05. The van der Waals surface area contributed by atoms with E-state index < -0.39 is 23.4 Å². The molecule has 0 bridgehead atoms. The zero-order chi connectivity index (χ0) is 26.5. The quantitative estimate of drug-likeness (QED) is 0.533. The molecule has 1 saturated carbocycles. The predicted molar refractivity (Wildman–Crippen MR) is 131 cm³/mol. The highest BCUT2D eigenvalue weighted by Crippen LogP contribution is 2.43. The Labute approximate surface area is 217 Å². The number of anilines is 1. The highest BCUT2D eigenvalue weighted by atomic mass is 35.5. The summed E-state index contributed by atoms with van der Waals surface area (Å²) in [6.07, 6.45) is -1.07. The number of nitrogens with zero attached hydrogens (tertiary/aromatic N) is 4. The van der Waals surface area contributed by atoms with Gasteiger partial charge in [0.15, 0.2) is 11.5 Å². The van der Waals surface area contributed by atoms with Gasteiger partial charge in [-0.1, -0.05) is 23.7 Å². The second-order valence-electron chi connectivity index (χ2n) is 10.2. The molecule has 0 radical (unpaired) electrons. The number of cyclic esters (lactones) is 1. The first kappa shape index (κ1) is 25.6. The Morgan fingerprint density at radius 1 is 1.19 bits per heavy atom. The Morgan fingerprint density at radius 2 is 1.92 bits per heavy atom. The van der Waals surface area contributed by atoms with Crippen LogP contribution in [0.5, 0.6) is 5.88 Å². The lowest BCUT2D eigenvalue weighted by molar-refractivity contribution is -0.145. The highest BCUT2D eigenvalue weighted by molar-refractivity contribution is 6.32. The van der Waals surface area contributed by atoms with E-state index in [-0.39, 0.29) is 17.7 Å². The molecule has 198 valence electrons. The number of carbonyl (C=O) groups is 1. The van der Waals surface area contributed by atoms with Crippen molar-refractivity contribution in [1.82, 2.24) is 14.9 Å². The Bertz CT molecular complexity index is 1260. The number of aromatic nitrogens is 2. The molecule has 0 spiro atoms. The number of alkyl halides is 3. The molecule has 1 saturated heterocycles. The Kier molecular flexibility index (Phi) is 6.45. The van der Waals surface area contributed by atoms with E-state index in [2.05, 4.69) is 15.0 Å². The molecular formula is C25H27ClF3N5O3. The molecule has 2 N–H and O–H groups in total. The second kappa shape index (κ2) is 9.34. The summed E-state index contributed by atoms with van der Waals surface area (Å²) in [5, 5.41) is 0.588. The molecule has 5 rings (SSSR count). The monoisotopic (exact) mass is 537 g/mol. The van der Waals surface area contributed by atoms with E-state index >= 15 is 0 Å². The predicted octanol–water partition coefficient (Wildman–Crippen LogP) is 5.75. The van der Waals surface area contributed by atoms with Crippen LogP contribution in [0.2, 0.25) is 5.02 Å². The summed E-state index contributed by atoms with van der Waals surface area (Å²) in [5.74, 6) is -1.35. The fourth-order valence-electron chi connectivity index (χ4n) is 5.27. The zero-order valence-electron chi connectivity index (χ0n) is 20.4. The molecule has 0 unspecified atom stereocenters. The minimum Gasteiger partial charge on any atom is -0.463 e. The van der Waals surface area contributed by atoms with Crippen LogP contribution in [0.1, 0.15) is 62.4 Å². The van der Waals surface area contributed by atoms with Crippen molar-refractivity contribution in [1.29, 1.82) is 0 Å². The first-order valence-electron chi connectivity index (χ1n) is 12.2. The van der Waals surface area contributed by atoms with Crippen LogP contribution in [0.15, 0.2) is 23.2 Å². The van der Waals surface area contributed by atoms with Gasteiger partial charge in [0.05, 0.1) is 12.3 Å². The van der Waals surface area contributed by atoms with E-state index in [1.807, 2.05) is 12.1 Å². The average molecular weight is 538 g/mol. The summed E-state index contributed by atoms with van der Waals surface area (Å²) in [5.41, 5.74) is 6.84.